The molecule has 0 unspecified atom stereocenters. The number of fused-ring (bicyclic) bond motifs is 1. The van der Waals surface area contributed by atoms with Crippen molar-refractivity contribution in [3.8, 4) is 0 Å². The van der Waals surface area contributed by atoms with E-state index in [1.54, 1.807) is 0 Å². The predicted octanol–water partition coefficient (Wildman–Crippen LogP) is 4.01. The lowest BCUT2D eigenvalue weighted by molar-refractivity contribution is 0.866. The van der Waals surface area contributed by atoms with E-state index in [1.807, 2.05) is 0 Å². The number of nitrogens with two attached hydrogens (primary N) is 1. The number of rotatable bonds is 1. The molecule has 3 heteroatoms. The zero-order valence-electron chi connectivity index (χ0n) is 9.71. The molecule has 0 aliphatic rings. The van der Waals surface area contributed by atoms with Crippen LogP contribution in [0, 0.1) is 6.92 Å². The molecule has 0 radical (unpaired) electrons. The smallest absolute Gasteiger partial charge is 0.127 e. The molecule has 2 aromatic rings. The van der Waals surface area contributed by atoms with E-state index in [2.05, 4.69) is 59.9 Å². The summed E-state index contributed by atoms with van der Waals surface area (Å²) >= 11 is 3.53. The van der Waals surface area contributed by atoms with Crippen LogP contribution in [-0.2, 0) is 0 Å². The summed E-state index contributed by atoms with van der Waals surface area (Å²) in [6, 6.07) is 6.34. The van der Waals surface area contributed by atoms with Crippen LogP contribution in [-0.4, -0.2) is 4.98 Å². The monoisotopic (exact) mass is 278 g/mol. The van der Waals surface area contributed by atoms with Crippen molar-refractivity contribution in [2.75, 3.05) is 5.73 Å². The molecule has 1 heterocycles. The lowest BCUT2D eigenvalue weighted by Gasteiger charge is -2.11. The Kier molecular flexibility index (Phi) is 2.89. The summed E-state index contributed by atoms with van der Waals surface area (Å²) in [6.07, 6.45) is 0. The zero-order valence-corrected chi connectivity index (χ0v) is 11.3. The number of halogens is 1. The molecule has 0 saturated heterocycles. The number of aryl methyl sites for hydroxylation is 1. The molecule has 0 saturated carbocycles. The molecule has 84 valence electrons. The van der Waals surface area contributed by atoms with Crippen LogP contribution < -0.4 is 5.73 Å². The molecule has 2 rings (SSSR count). The van der Waals surface area contributed by atoms with E-state index in [9.17, 15) is 0 Å². The van der Waals surface area contributed by atoms with Gasteiger partial charge in [-0.05, 0) is 58.1 Å². The maximum Gasteiger partial charge on any atom is 0.127 e. The minimum Gasteiger partial charge on any atom is -0.383 e. The molecule has 0 atom stereocenters. The number of hydrogen-bond donors (Lipinski definition) is 1. The van der Waals surface area contributed by atoms with Gasteiger partial charge in [-0.25, -0.2) is 4.98 Å². The summed E-state index contributed by atoms with van der Waals surface area (Å²) in [4.78, 5) is 4.47. The van der Waals surface area contributed by atoms with Crippen LogP contribution in [0.5, 0.6) is 0 Å². The molecule has 1 aromatic carbocycles. The third-order valence-corrected chi connectivity index (χ3v) is 3.30. The van der Waals surface area contributed by atoms with Crippen molar-refractivity contribution in [1.29, 1.82) is 0 Å². The van der Waals surface area contributed by atoms with Crippen LogP contribution in [0.2, 0.25) is 0 Å². The van der Waals surface area contributed by atoms with Crippen molar-refractivity contribution in [3.05, 3.63) is 33.8 Å². The minimum absolute atomic E-state index is 0.399. The molecular formula is C13H15BrN2. The van der Waals surface area contributed by atoms with Crippen molar-refractivity contribution in [1.82, 2.24) is 4.98 Å². The van der Waals surface area contributed by atoms with Gasteiger partial charge in [-0.15, -0.1) is 0 Å². The Labute approximate surface area is 104 Å². The lowest BCUT2D eigenvalue weighted by atomic mass is 10.0. The number of aromatic nitrogens is 1. The normalized spacial score (nSPS) is 11.3. The van der Waals surface area contributed by atoms with Gasteiger partial charge in [0.05, 0.1) is 5.52 Å². The van der Waals surface area contributed by atoms with E-state index < -0.39 is 0 Å². The van der Waals surface area contributed by atoms with Crippen LogP contribution in [0.4, 0.5) is 5.82 Å². The van der Waals surface area contributed by atoms with Crippen LogP contribution >= 0.6 is 15.9 Å². The Hall–Kier alpha value is -1.09. The van der Waals surface area contributed by atoms with Gasteiger partial charge in [0.2, 0.25) is 0 Å². The molecule has 0 amide bonds. The Morgan fingerprint density at radius 1 is 1.25 bits per heavy atom. The fraction of sp³-hybridized carbons (Fsp3) is 0.308. The number of hydrogen-bond acceptors (Lipinski definition) is 2. The van der Waals surface area contributed by atoms with Crippen molar-refractivity contribution >= 4 is 32.7 Å². The van der Waals surface area contributed by atoms with Crippen LogP contribution in [0.1, 0.15) is 30.9 Å². The molecule has 0 aliphatic carbocycles. The molecular weight excluding hydrogens is 264 g/mol. The average Bonchev–Trinajstić information content (AvgIpc) is 2.18. The average molecular weight is 279 g/mol. The molecule has 16 heavy (non-hydrogen) atoms. The Bertz CT molecular complexity index is 547. The number of pyridine rings is 1. The van der Waals surface area contributed by atoms with Crippen molar-refractivity contribution in [2.45, 2.75) is 26.7 Å². The van der Waals surface area contributed by atoms with Crippen LogP contribution in [0.25, 0.3) is 10.9 Å². The van der Waals surface area contributed by atoms with E-state index >= 15 is 0 Å². The van der Waals surface area contributed by atoms with Crippen molar-refractivity contribution in [3.63, 3.8) is 0 Å². The fourth-order valence-electron chi connectivity index (χ4n) is 1.88. The van der Waals surface area contributed by atoms with Gasteiger partial charge in [-0.2, -0.15) is 0 Å². The highest BCUT2D eigenvalue weighted by molar-refractivity contribution is 9.10. The first-order valence-corrected chi connectivity index (χ1v) is 6.14. The molecule has 0 aliphatic heterocycles. The maximum atomic E-state index is 5.96. The standard InChI is InChI=1S/C13H15BrN2/c1-7(2)10-6-9-4-8(3)5-11(14)12(9)16-13(10)15/h4-7H,1-3H3,(H2,15,16). The van der Waals surface area contributed by atoms with E-state index in [4.69, 9.17) is 5.73 Å². The van der Waals surface area contributed by atoms with Crippen LogP contribution in [0.3, 0.4) is 0 Å². The minimum atomic E-state index is 0.399. The predicted molar refractivity (Wildman–Crippen MR) is 72.7 cm³/mol. The van der Waals surface area contributed by atoms with E-state index in [1.165, 1.54) is 5.56 Å². The Balaban J connectivity index is 2.79. The first-order chi connectivity index (χ1) is 7.49. The van der Waals surface area contributed by atoms with Gasteiger partial charge in [-0.3, -0.25) is 0 Å². The highest BCUT2D eigenvalue weighted by Gasteiger charge is 2.09. The van der Waals surface area contributed by atoms with Gasteiger partial charge >= 0.3 is 0 Å². The zero-order chi connectivity index (χ0) is 11.9. The second kappa shape index (κ2) is 4.06. The molecule has 2 nitrogen and oxygen atoms in total. The number of nitrogens with zero attached hydrogens (tertiary/aromatic N) is 1. The largest absolute Gasteiger partial charge is 0.383 e. The van der Waals surface area contributed by atoms with Crippen molar-refractivity contribution < 1.29 is 0 Å². The highest BCUT2D eigenvalue weighted by atomic mass is 79.9. The molecule has 2 N–H and O–H groups in total. The van der Waals surface area contributed by atoms with Gasteiger partial charge in [-0.1, -0.05) is 13.8 Å². The van der Waals surface area contributed by atoms with Gasteiger partial charge in [0.25, 0.3) is 0 Å². The third kappa shape index (κ3) is 1.92. The van der Waals surface area contributed by atoms with Crippen LogP contribution in [0.15, 0.2) is 22.7 Å². The van der Waals surface area contributed by atoms with Gasteiger partial charge in [0.1, 0.15) is 5.82 Å². The van der Waals surface area contributed by atoms with Gasteiger partial charge in [0, 0.05) is 9.86 Å². The Morgan fingerprint density at radius 2 is 1.94 bits per heavy atom. The van der Waals surface area contributed by atoms with Crippen molar-refractivity contribution in [2.24, 2.45) is 0 Å². The molecule has 1 aromatic heterocycles. The third-order valence-electron chi connectivity index (χ3n) is 2.70. The number of benzene rings is 1. The number of nitrogen functional groups attached to an aromatic ring is 1. The summed E-state index contributed by atoms with van der Waals surface area (Å²) in [5.41, 5.74) is 9.24. The first kappa shape index (κ1) is 11.4. The maximum absolute atomic E-state index is 5.96. The summed E-state index contributed by atoms with van der Waals surface area (Å²) in [5.74, 6) is 1.03. The lowest BCUT2D eigenvalue weighted by Crippen LogP contribution is -2.00. The fourth-order valence-corrected chi connectivity index (χ4v) is 2.56. The molecule has 0 bridgehead atoms. The Morgan fingerprint density at radius 3 is 2.56 bits per heavy atom. The van der Waals surface area contributed by atoms with E-state index in [-0.39, 0.29) is 0 Å². The quantitative estimate of drug-likeness (QED) is 0.856. The molecule has 0 fully saturated rings. The highest BCUT2D eigenvalue weighted by Crippen LogP contribution is 2.29. The van der Waals surface area contributed by atoms with Gasteiger partial charge in [0.15, 0.2) is 0 Å². The van der Waals surface area contributed by atoms with E-state index in [0.717, 1.165) is 20.9 Å². The summed E-state index contributed by atoms with van der Waals surface area (Å²) in [5, 5.41) is 1.14. The summed E-state index contributed by atoms with van der Waals surface area (Å²) in [7, 11) is 0. The second-order valence-electron chi connectivity index (χ2n) is 4.44. The summed E-state index contributed by atoms with van der Waals surface area (Å²) in [6.45, 7) is 6.34. The molecule has 0 spiro atoms. The first-order valence-electron chi connectivity index (χ1n) is 5.35. The van der Waals surface area contributed by atoms with Gasteiger partial charge < -0.3 is 5.73 Å². The second-order valence-corrected chi connectivity index (χ2v) is 5.29. The topological polar surface area (TPSA) is 38.9 Å². The summed E-state index contributed by atoms with van der Waals surface area (Å²) < 4.78 is 1.00. The van der Waals surface area contributed by atoms with E-state index in [0.29, 0.717) is 11.7 Å². The number of anilines is 1. The SMILES string of the molecule is Cc1cc(Br)c2nc(N)c(C(C)C)cc2c1.